The van der Waals surface area contributed by atoms with Crippen LogP contribution in [0, 0.1) is 5.92 Å². The lowest BCUT2D eigenvalue weighted by molar-refractivity contribution is 0.521. The van der Waals surface area contributed by atoms with E-state index in [1.165, 1.54) is 43.4 Å². The number of aromatic nitrogens is 1. The first-order valence-corrected chi connectivity index (χ1v) is 6.24. The summed E-state index contributed by atoms with van der Waals surface area (Å²) < 4.78 is 0. The molecule has 15 heavy (non-hydrogen) atoms. The van der Waals surface area contributed by atoms with Gasteiger partial charge in [0.2, 0.25) is 0 Å². The largest absolute Gasteiger partial charge is 0.261 e. The topological polar surface area (TPSA) is 12.9 Å². The van der Waals surface area contributed by atoms with E-state index in [0.717, 1.165) is 11.8 Å². The number of nitrogens with zero attached hydrogens (tertiary/aromatic N) is 1. The molecule has 1 heterocycles. The van der Waals surface area contributed by atoms with E-state index in [0.29, 0.717) is 0 Å². The zero-order valence-electron chi connectivity index (χ0n) is 9.87. The maximum Gasteiger partial charge on any atom is 0.0434 e. The molecule has 0 aliphatic heterocycles. The molecule has 0 spiro atoms. The molecule has 1 aliphatic carbocycles. The van der Waals surface area contributed by atoms with Gasteiger partial charge in [0.1, 0.15) is 0 Å². The smallest absolute Gasteiger partial charge is 0.0434 e. The molecule has 1 aliphatic rings. The van der Waals surface area contributed by atoms with E-state index in [9.17, 15) is 0 Å². The molecule has 1 heteroatoms. The van der Waals surface area contributed by atoms with Gasteiger partial charge in [-0.15, -0.1) is 0 Å². The van der Waals surface area contributed by atoms with Crippen LogP contribution in [-0.2, 0) is 6.42 Å². The second-order valence-corrected chi connectivity index (χ2v) is 4.96. The van der Waals surface area contributed by atoms with Gasteiger partial charge in [0.05, 0.1) is 0 Å². The standard InChI is InChI=1S/C14H21N/c1-3-4-11(2)9-12-5-8-14(15-10-12)13-6-7-13/h5,8,10-11,13H,3-4,6-7,9H2,1-2H3. The average Bonchev–Trinajstić information content (AvgIpc) is 3.03. The van der Waals surface area contributed by atoms with Crippen LogP contribution in [0.4, 0.5) is 0 Å². The Morgan fingerprint density at radius 2 is 2.20 bits per heavy atom. The molecule has 1 atom stereocenters. The predicted molar refractivity (Wildman–Crippen MR) is 64.0 cm³/mol. The van der Waals surface area contributed by atoms with E-state index in [1.54, 1.807) is 0 Å². The molecular formula is C14H21N. The number of hydrogen-bond donors (Lipinski definition) is 0. The zero-order valence-corrected chi connectivity index (χ0v) is 9.87. The highest BCUT2D eigenvalue weighted by molar-refractivity contribution is 5.20. The third-order valence-electron chi connectivity index (χ3n) is 3.21. The Balaban J connectivity index is 1.91. The van der Waals surface area contributed by atoms with Crippen LogP contribution >= 0.6 is 0 Å². The fraction of sp³-hybridized carbons (Fsp3) is 0.643. The maximum absolute atomic E-state index is 4.55. The minimum absolute atomic E-state index is 0.784. The van der Waals surface area contributed by atoms with Gasteiger partial charge in [-0.05, 0) is 36.8 Å². The second kappa shape index (κ2) is 4.78. The molecule has 1 unspecified atom stereocenters. The summed E-state index contributed by atoms with van der Waals surface area (Å²) in [5.74, 6) is 1.58. The van der Waals surface area contributed by atoms with Crippen molar-refractivity contribution in [3.63, 3.8) is 0 Å². The Morgan fingerprint density at radius 3 is 2.73 bits per heavy atom. The van der Waals surface area contributed by atoms with Crippen molar-refractivity contribution >= 4 is 0 Å². The molecule has 0 N–H and O–H groups in total. The van der Waals surface area contributed by atoms with E-state index in [2.05, 4.69) is 37.2 Å². The second-order valence-electron chi connectivity index (χ2n) is 4.96. The van der Waals surface area contributed by atoms with E-state index in [-0.39, 0.29) is 0 Å². The molecule has 0 amide bonds. The summed E-state index contributed by atoms with van der Waals surface area (Å²) in [4.78, 5) is 4.55. The van der Waals surface area contributed by atoms with Crippen molar-refractivity contribution in [3.05, 3.63) is 29.6 Å². The molecule has 1 fully saturated rings. The van der Waals surface area contributed by atoms with E-state index in [4.69, 9.17) is 0 Å². The monoisotopic (exact) mass is 203 g/mol. The Kier molecular flexibility index (Phi) is 3.40. The minimum Gasteiger partial charge on any atom is -0.261 e. The van der Waals surface area contributed by atoms with Gasteiger partial charge in [0.25, 0.3) is 0 Å². The van der Waals surface area contributed by atoms with Gasteiger partial charge in [-0.1, -0.05) is 32.8 Å². The summed E-state index contributed by atoms with van der Waals surface area (Å²) in [6, 6.07) is 4.50. The summed E-state index contributed by atoms with van der Waals surface area (Å²) in [7, 11) is 0. The molecule has 1 saturated carbocycles. The molecule has 1 nitrogen and oxygen atoms in total. The Hall–Kier alpha value is -0.850. The van der Waals surface area contributed by atoms with Crippen molar-refractivity contribution in [3.8, 4) is 0 Å². The highest BCUT2D eigenvalue weighted by Gasteiger charge is 2.24. The molecule has 0 aromatic carbocycles. The normalized spacial score (nSPS) is 17.7. The third kappa shape index (κ3) is 3.05. The molecule has 0 bridgehead atoms. The van der Waals surface area contributed by atoms with Crippen molar-refractivity contribution in [2.75, 3.05) is 0 Å². The Morgan fingerprint density at radius 1 is 1.40 bits per heavy atom. The highest BCUT2D eigenvalue weighted by Crippen LogP contribution is 2.38. The van der Waals surface area contributed by atoms with Crippen LogP contribution < -0.4 is 0 Å². The van der Waals surface area contributed by atoms with E-state index in [1.807, 2.05) is 0 Å². The van der Waals surface area contributed by atoms with Crippen LogP contribution in [0.25, 0.3) is 0 Å². The zero-order chi connectivity index (χ0) is 10.7. The van der Waals surface area contributed by atoms with Crippen molar-refractivity contribution in [1.29, 1.82) is 0 Å². The lowest BCUT2D eigenvalue weighted by Gasteiger charge is -2.09. The van der Waals surface area contributed by atoms with Crippen LogP contribution in [0.15, 0.2) is 18.3 Å². The van der Waals surface area contributed by atoms with E-state index < -0.39 is 0 Å². The summed E-state index contributed by atoms with van der Waals surface area (Å²) in [5.41, 5.74) is 2.71. The fourth-order valence-corrected chi connectivity index (χ4v) is 2.17. The van der Waals surface area contributed by atoms with Gasteiger partial charge >= 0.3 is 0 Å². The molecular weight excluding hydrogens is 182 g/mol. The number of hydrogen-bond acceptors (Lipinski definition) is 1. The third-order valence-corrected chi connectivity index (χ3v) is 3.21. The first kappa shape index (κ1) is 10.7. The first-order chi connectivity index (χ1) is 7.29. The average molecular weight is 203 g/mol. The van der Waals surface area contributed by atoms with Gasteiger partial charge in [0.15, 0.2) is 0 Å². The van der Waals surface area contributed by atoms with Crippen molar-refractivity contribution in [2.24, 2.45) is 5.92 Å². The van der Waals surface area contributed by atoms with Crippen LogP contribution in [0.5, 0.6) is 0 Å². The summed E-state index contributed by atoms with van der Waals surface area (Å²) in [6.07, 6.45) is 8.57. The highest BCUT2D eigenvalue weighted by atomic mass is 14.7. The van der Waals surface area contributed by atoms with Crippen LogP contribution in [0.1, 0.15) is 56.7 Å². The fourth-order valence-electron chi connectivity index (χ4n) is 2.17. The molecule has 1 aromatic heterocycles. The van der Waals surface area contributed by atoms with E-state index >= 15 is 0 Å². The lowest BCUT2D eigenvalue weighted by Crippen LogP contribution is -2.00. The Labute approximate surface area is 92.9 Å². The van der Waals surface area contributed by atoms with Crippen LogP contribution in [0.2, 0.25) is 0 Å². The van der Waals surface area contributed by atoms with Gasteiger partial charge in [-0.2, -0.15) is 0 Å². The molecule has 2 rings (SSSR count). The SMILES string of the molecule is CCCC(C)Cc1ccc(C2CC2)nc1. The summed E-state index contributed by atoms with van der Waals surface area (Å²) in [6.45, 7) is 4.59. The van der Waals surface area contributed by atoms with Crippen molar-refractivity contribution < 1.29 is 0 Å². The van der Waals surface area contributed by atoms with Crippen LogP contribution in [0.3, 0.4) is 0 Å². The number of pyridine rings is 1. The van der Waals surface area contributed by atoms with Crippen LogP contribution in [-0.4, -0.2) is 4.98 Å². The maximum atomic E-state index is 4.55. The van der Waals surface area contributed by atoms with Crippen molar-refractivity contribution in [2.45, 2.75) is 51.9 Å². The predicted octanol–water partition coefficient (Wildman–Crippen LogP) is 3.94. The molecule has 82 valence electrons. The summed E-state index contributed by atoms with van der Waals surface area (Å²) >= 11 is 0. The van der Waals surface area contributed by atoms with Gasteiger partial charge in [-0.25, -0.2) is 0 Å². The molecule has 0 radical (unpaired) electrons. The number of rotatable bonds is 5. The molecule has 0 saturated heterocycles. The van der Waals surface area contributed by atoms with Gasteiger partial charge in [0, 0.05) is 17.8 Å². The van der Waals surface area contributed by atoms with Crippen molar-refractivity contribution in [1.82, 2.24) is 4.98 Å². The minimum atomic E-state index is 0.784. The Bertz CT molecular complexity index is 298. The van der Waals surface area contributed by atoms with Gasteiger partial charge < -0.3 is 0 Å². The van der Waals surface area contributed by atoms with Gasteiger partial charge in [-0.3, -0.25) is 4.98 Å². The summed E-state index contributed by atoms with van der Waals surface area (Å²) in [5, 5.41) is 0. The molecule has 1 aromatic rings. The first-order valence-electron chi connectivity index (χ1n) is 6.24. The quantitative estimate of drug-likeness (QED) is 0.706. The lowest BCUT2D eigenvalue weighted by atomic mass is 9.98.